The van der Waals surface area contributed by atoms with E-state index >= 15 is 0 Å². The van der Waals surface area contributed by atoms with Gasteiger partial charge in [-0.05, 0) is 13.8 Å². The standard InChI is InChI=1S/C10H16N4O3/c1-3-16-9(15)8-6-11-4-5-14(8)10-12-7(2)13-17-10/h8,11H,3-6H2,1-2H3. The molecule has 0 aliphatic carbocycles. The molecule has 1 aromatic rings. The van der Waals surface area contributed by atoms with E-state index in [1.165, 1.54) is 0 Å². The van der Waals surface area contributed by atoms with Gasteiger partial charge >= 0.3 is 12.0 Å². The lowest BCUT2D eigenvalue weighted by atomic mass is 10.2. The van der Waals surface area contributed by atoms with E-state index in [4.69, 9.17) is 9.26 Å². The van der Waals surface area contributed by atoms with Crippen molar-refractivity contribution >= 4 is 12.0 Å². The van der Waals surface area contributed by atoms with Crippen LogP contribution in [0.4, 0.5) is 6.01 Å². The lowest BCUT2D eigenvalue weighted by Crippen LogP contribution is -2.55. The average molecular weight is 240 g/mol. The number of nitrogens with one attached hydrogen (secondary N) is 1. The SMILES string of the molecule is CCOC(=O)C1CNCCN1c1nc(C)no1. The van der Waals surface area contributed by atoms with Crippen LogP contribution >= 0.6 is 0 Å². The van der Waals surface area contributed by atoms with Crippen LogP contribution < -0.4 is 10.2 Å². The molecule has 1 aliphatic rings. The van der Waals surface area contributed by atoms with Crippen molar-refractivity contribution in [2.24, 2.45) is 0 Å². The Bertz CT molecular complexity index is 393. The molecule has 17 heavy (non-hydrogen) atoms. The summed E-state index contributed by atoms with van der Waals surface area (Å²) in [6, 6.07) is -0.0226. The summed E-state index contributed by atoms with van der Waals surface area (Å²) in [5, 5.41) is 6.88. The molecule has 1 aromatic heterocycles. The van der Waals surface area contributed by atoms with E-state index in [0.717, 1.165) is 6.54 Å². The first-order valence-corrected chi connectivity index (χ1v) is 5.66. The highest BCUT2D eigenvalue weighted by Gasteiger charge is 2.32. The second kappa shape index (κ2) is 5.13. The molecule has 1 atom stereocenters. The third-order valence-electron chi connectivity index (χ3n) is 2.56. The maximum atomic E-state index is 11.8. The van der Waals surface area contributed by atoms with Crippen LogP contribution in [0.15, 0.2) is 4.52 Å². The number of carbonyl (C=O) groups excluding carboxylic acids is 1. The predicted molar refractivity (Wildman–Crippen MR) is 59.7 cm³/mol. The van der Waals surface area contributed by atoms with Crippen molar-refractivity contribution in [3.05, 3.63) is 5.82 Å². The predicted octanol–water partition coefficient (Wildman–Crippen LogP) is -0.281. The Morgan fingerprint density at radius 1 is 1.71 bits per heavy atom. The van der Waals surface area contributed by atoms with Gasteiger partial charge in [0.05, 0.1) is 6.61 Å². The zero-order valence-corrected chi connectivity index (χ0v) is 9.97. The van der Waals surface area contributed by atoms with Crippen molar-refractivity contribution in [1.82, 2.24) is 15.5 Å². The monoisotopic (exact) mass is 240 g/mol. The molecule has 0 aromatic carbocycles. The number of aryl methyl sites for hydroxylation is 1. The second-order valence-corrected chi connectivity index (χ2v) is 3.79. The van der Waals surface area contributed by atoms with E-state index in [0.29, 0.717) is 31.5 Å². The molecule has 0 amide bonds. The number of esters is 1. The maximum absolute atomic E-state index is 11.8. The van der Waals surface area contributed by atoms with Crippen LogP contribution in [0.5, 0.6) is 0 Å². The number of rotatable bonds is 3. The Kier molecular flexibility index (Phi) is 3.58. The molecule has 7 nitrogen and oxygen atoms in total. The lowest BCUT2D eigenvalue weighted by molar-refractivity contribution is -0.145. The minimum absolute atomic E-state index is 0.268. The van der Waals surface area contributed by atoms with Crippen molar-refractivity contribution in [1.29, 1.82) is 0 Å². The summed E-state index contributed by atoms with van der Waals surface area (Å²) in [7, 11) is 0. The van der Waals surface area contributed by atoms with Crippen LogP contribution in [-0.4, -0.2) is 48.4 Å². The molecule has 0 radical (unpaired) electrons. The number of ether oxygens (including phenoxy) is 1. The number of hydrogen-bond donors (Lipinski definition) is 1. The molecular weight excluding hydrogens is 224 g/mol. The number of aromatic nitrogens is 2. The Hall–Kier alpha value is -1.63. The first kappa shape index (κ1) is 11.8. The highest BCUT2D eigenvalue weighted by Crippen LogP contribution is 2.16. The molecule has 2 heterocycles. The van der Waals surface area contributed by atoms with Gasteiger partial charge in [-0.2, -0.15) is 4.98 Å². The van der Waals surface area contributed by atoms with Gasteiger partial charge < -0.3 is 19.5 Å². The summed E-state index contributed by atoms with van der Waals surface area (Å²) in [4.78, 5) is 17.7. The summed E-state index contributed by atoms with van der Waals surface area (Å²) in [6.45, 7) is 5.85. The van der Waals surface area contributed by atoms with Gasteiger partial charge in [-0.1, -0.05) is 5.16 Å². The highest BCUT2D eigenvalue weighted by atomic mass is 16.5. The van der Waals surface area contributed by atoms with Crippen molar-refractivity contribution in [3.8, 4) is 0 Å². The third kappa shape index (κ3) is 2.55. The molecule has 1 saturated heterocycles. The van der Waals surface area contributed by atoms with E-state index in [1.54, 1.807) is 18.7 Å². The van der Waals surface area contributed by atoms with Crippen LogP contribution in [-0.2, 0) is 9.53 Å². The summed E-state index contributed by atoms with van der Waals surface area (Å²) in [5.41, 5.74) is 0. The minimum Gasteiger partial charge on any atom is -0.464 e. The first-order chi connectivity index (χ1) is 8.22. The Labute approximate surface area is 99.1 Å². The van der Waals surface area contributed by atoms with Gasteiger partial charge in [-0.15, -0.1) is 0 Å². The molecule has 1 N–H and O–H groups in total. The third-order valence-corrected chi connectivity index (χ3v) is 2.56. The Morgan fingerprint density at radius 3 is 3.18 bits per heavy atom. The van der Waals surface area contributed by atoms with Gasteiger partial charge in [0.25, 0.3) is 0 Å². The molecule has 2 rings (SSSR count). The fraction of sp³-hybridized carbons (Fsp3) is 0.700. The van der Waals surface area contributed by atoms with Gasteiger partial charge in [0.2, 0.25) is 0 Å². The quantitative estimate of drug-likeness (QED) is 0.728. The van der Waals surface area contributed by atoms with Crippen LogP contribution in [0.25, 0.3) is 0 Å². The van der Waals surface area contributed by atoms with Crippen LogP contribution in [0, 0.1) is 6.92 Å². The lowest BCUT2D eigenvalue weighted by Gasteiger charge is -2.32. The van der Waals surface area contributed by atoms with E-state index in [2.05, 4.69) is 15.5 Å². The van der Waals surface area contributed by atoms with Gasteiger partial charge in [0.15, 0.2) is 5.82 Å². The summed E-state index contributed by atoms with van der Waals surface area (Å²) < 4.78 is 10.1. The molecule has 0 bridgehead atoms. The van der Waals surface area contributed by atoms with E-state index in [1.807, 2.05) is 0 Å². The number of nitrogens with zero attached hydrogens (tertiary/aromatic N) is 3. The van der Waals surface area contributed by atoms with E-state index in [-0.39, 0.29) is 5.97 Å². The number of anilines is 1. The number of carbonyl (C=O) groups is 1. The Morgan fingerprint density at radius 2 is 2.53 bits per heavy atom. The fourth-order valence-electron chi connectivity index (χ4n) is 1.79. The maximum Gasteiger partial charge on any atom is 0.330 e. The molecule has 1 aliphatic heterocycles. The van der Waals surface area contributed by atoms with Crippen molar-refractivity contribution in [3.63, 3.8) is 0 Å². The zero-order valence-electron chi connectivity index (χ0n) is 9.97. The van der Waals surface area contributed by atoms with Gasteiger partial charge in [-0.3, -0.25) is 0 Å². The van der Waals surface area contributed by atoms with Crippen molar-refractivity contribution in [2.45, 2.75) is 19.9 Å². The highest BCUT2D eigenvalue weighted by molar-refractivity contribution is 5.79. The van der Waals surface area contributed by atoms with Crippen LogP contribution in [0.3, 0.4) is 0 Å². The number of piperazine rings is 1. The minimum atomic E-state index is -0.399. The van der Waals surface area contributed by atoms with Crippen molar-refractivity contribution in [2.75, 3.05) is 31.1 Å². The molecule has 0 saturated carbocycles. The fourth-order valence-corrected chi connectivity index (χ4v) is 1.79. The van der Waals surface area contributed by atoms with Crippen LogP contribution in [0.2, 0.25) is 0 Å². The smallest absolute Gasteiger partial charge is 0.330 e. The normalized spacial score (nSPS) is 20.4. The number of hydrogen-bond acceptors (Lipinski definition) is 7. The second-order valence-electron chi connectivity index (χ2n) is 3.79. The van der Waals surface area contributed by atoms with Gasteiger partial charge in [0, 0.05) is 19.6 Å². The molecular formula is C10H16N4O3. The molecule has 94 valence electrons. The first-order valence-electron chi connectivity index (χ1n) is 5.66. The van der Waals surface area contributed by atoms with Crippen LogP contribution in [0.1, 0.15) is 12.7 Å². The topological polar surface area (TPSA) is 80.5 Å². The zero-order chi connectivity index (χ0) is 12.3. The largest absolute Gasteiger partial charge is 0.464 e. The van der Waals surface area contributed by atoms with E-state index < -0.39 is 6.04 Å². The molecule has 7 heteroatoms. The summed E-state index contributed by atoms with van der Waals surface area (Å²) in [5.74, 6) is 0.289. The average Bonchev–Trinajstić information content (AvgIpc) is 2.76. The van der Waals surface area contributed by atoms with Crippen molar-refractivity contribution < 1.29 is 14.1 Å². The molecule has 1 unspecified atom stereocenters. The Balaban J connectivity index is 2.14. The van der Waals surface area contributed by atoms with Gasteiger partial charge in [-0.25, -0.2) is 4.79 Å². The van der Waals surface area contributed by atoms with Gasteiger partial charge in [0.1, 0.15) is 6.04 Å². The summed E-state index contributed by atoms with van der Waals surface area (Å²) >= 11 is 0. The van der Waals surface area contributed by atoms with E-state index in [9.17, 15) is 4.79 Å². The molecule has 0 spiro atoms. The summed E-state index contributed by atoms with van der Waals surface area (Å²) in [6.07, 6.45) is 0. The molecule has 1 fully saturated rings.